The van der Waals surface area contributed by atoms with Crippen LogP contribution in [0.25, 0.3) is 0 Å². The number of rotatable bonds is 2. The monoisotopic (exact) mass is 378 g/mol. The second kappa shape index (κ2) is 8.75. The first-order chi connectivity index (χ1) is 13.7. The molecule has 2 aliphatic rings. The van der Waals surface area contributed by atoms with Gasteiger partial charge in [-0.25, -0.2) is 0 Å². The van der Waals surface area contributed by atoms with Gasteiger partial charge in [0, 0.05) is 57.9 Å². The van der Waals surface area contributed by atoms with Gasteiger partial charge in [0.25, 0.3) is 0 Å². The van der Waals surface area contributed by atoms with E-state index in [4.69, 9.17) is 0 Å². The standard InChI is InChI=1S/C24H34N4/c1-20-23(21-9-5-3-6-10-21)28-16-14-26-24(2,22-11-7-4-8-12-22)19-27(17-18-28)15-13-25-20/h3-12,20,23,25-26H,13-19H2,1-2H3. The molecule has 4 heteroatoms. The number of nitrogens with one attached hydrogen (secondary N) is 2. The maximum Gasteiger partial charge on any atom is 0.0535 e. The third kappa shape index (κ3) is 4.31. The van der Waals surface area contributed by atoms with Crippen molar-refractivity contribution in [3.8, 4) is 0 Å². The van der Waals surface area contributed by atoms with Gasteiger partial charge in [-0.2, -0.15) is 0 Å². The van der Waals surface area contributed by atoms with E-state index in [1.165, 1.54) is 11.1 Å². The van der Waals surface area contributed by atoms with Crippen molar-refractivity contribution in [1.29, 1.82) is 0 Å². The Hall–Kier alpha value is -1.72. The molecule has 0 aromatic heterocycles. The average Bonchev–Trinajstić information content (AvgIpc) is 2.84. The lowest BCUT2D eigenvalue weighted by Crippen LogP contribution is -2.51. The van der Waals surface area contributed by atoms with Gasteiger partial charge < -0.3 is 10.6 Å². The quantitative estimate of drug-likeness (QED) is 0.841. The third-order valence-corrected chi connectivity index (χ3v) is 6.47. The molecule has 2 fully saturated rings. The van der Waals surface area contributed by atoms with Crippen LogP contribution in [0.2, 0.25) is 0 Å². The first kappa shape index (κ1) is 19.6. The van der Waals surface area contributed by atoms with Crippen LogP contribution in [0.5, 0.6) is 0 Å². The normalized spacial score (nSPS) is 34.4. The fourth-order valence-electron chi connectivity index (χ4n) is 4.94. The number of nitrogens with zero attached hydrogens (tertiary/aromatic N) is 2. The highest BCUT2D eigenvalue weighted by atomic mass is 15.3. The van der Waals surface area contributed by atoms with Crippen LogP contribution in [0, 0.1) is 0 Å². The minimum absolute atomic E-state index is 0.0235. The first-order valence-corrected chi connectivity index (χ1v) is 10.7. The SMILES string of the molecule is CC1NCCN2CCN(CCNC(C)(c3ccccc3)C2)C1c1ccccc1. The second-order valence-electron chi connectivity index (χ2n) is 8.54. The van der Waals surface area contributed by atoms with E-state index in [2.05, 4.69) is 94.9 Å². The van der Waals surface area contributed by atoms with Crippen molar-refractivity contribution in [2.45, 2.75) is 31.5 Å². The molecule has 4 rings (SSSR count). The first-order valence-electron chi connectivity index (χ1n) is 10.7. The Balaban J connectivity index is 1.62. The summed E-state index contributed by atoms with van der Waals surface area (Å²) in [6, 6.07) is 22.8. The van der Waals surface area contributed by atoms with Crippen molar-refractivity contribution >= 4 is 0 Å². The number of benzene rings is 2. The van der Waals surface area contributed by atoms with E-state index in [1.807, 2.05) is 0 Å². The lowest BCUT2D eigenvalue weighted by atomic mass is 9.91. The molecule has 28 heavy (non-hydrogen) atoms. The fourth-order valence-corrected chi connectivity index (χ4v) is 4.94. The van der Waals surface area contributed by atoms with Gasteiger partial charge in [0.05, 0.1) is 5.54 Å². The minimum atomic E-state index is -0.0235. The van der Waals surface area contributed by atoms with Crippen molar-refractivity contribution in [2.75, 3.05) is 45.8 Å². The van der Waals surface area contributed by atoms with Gasteiger partial charge in [-0.3, -0.25) is 9.80 Å². The summed E-state index contributed by atoms with van der Waals surface area (Å²) in [5.41, 5.74) is 2.78. The lowest BCUT2D eigenvalue weighted by Gasteiger charge is -2.37. The third-order valence-electron chi connectivity index (χ3n) is 6.47. The van der Waals surface area contributed by atoms with Gasteiger partial charge in [-0.15, -0.1) is 0 Å². The predicted octanol–water partition coefficient (Wildman–Crippen LogP) is 2.84. The maximum absolute atomic E-state index is 3.91. The molecule has 0 aliphatic carbocycles. The van der Waals surface area contributed by atoms with Gasteiger partial charge in [-0.05, 0) is 25.0 Å². The molecule has 2 N–H and O–H groups in total. The Kier molecular flexibility index (Phi) is 6.12. The van der Waals surface area contributed by atoms with Crippen LogP contribution in [0.15, 0.2) is 60.7 Å². The van der Waals surface area contributed by atoms with Crippen molar-refractivity contribution < 1.29 is 0 Å². The fraction of sp³-hybridized carbons (Fsp3) is 0.500. The van der Waals surface area contributed by atoms with Gasteiger partial charge in [0.1, 0.15) is 0 Å². The molecule has 0 saturated carbocycles. The molecule has 2 aliphatic heterocycles. The largest absolute Gasteiger partial charge is 0.311 e. The van der Waals surface area contributed by atoms with Crippen molar-refractivity contribution in [3.63, 3.8) is 0 Å². The molecule has 2 heterocycles. The Morgan fingerprint density at radius 2 is 1.57 bits per heavy atom. The zero-order valence-corrected chi connectivity index (χ0v) is 17.3. The van der Waals surface area contributed by atoms with Gasteiger partial charge >= 0.3 is 0 Å². The molecule has 0 radical (unpaired) electrons. The van der Waals surface area contributed by atoms with Crippen molar-refractivity contribution in [2.24, 2.45) is 0 Å². The van der Waals surface area contributed by atoms with Gasteiger partial charge in [0.15, 0.2) is 0 Å². The molecule has 2 aromatic carbocycles. The van der Waals surface area contributed by atoms with Crippen LogP contribution >= 0.6 is 0 Å². The van der Waals surface area contributed by atoms with Crippen LogP contribution < -0.4 is 10.6 Å². The summed E-state index contributed by atoms with van der Waals surface area (Å²) in [5, 5.41) is 7.73. The summed E-state index contributed by atoms with van der Waals surface area (Å²) in [6.07, 6.45) is 0. The summed E-state index contributed by atoms with van der Waals surface area (Å²) in [5.74, 6) is 0. The molecular formula is C24H34N4. The molecule has 5 unspecified atom stereocenters. The summed E-state index contributed by atoms with van der Waals surface area (Å²) in [4.78, 5) is 5.31. The van der Waals surface area contributed by atoms with Crippen LogP contribution in [0.1, 0.15) is 31.0 Å². The highest BCUT2D eigenvalue weighted by Crippen LogP contribution is 2.28. The van der Waals surface area contributed by atoms with Crippen LogP contribution in [-0.4, -0.2) is 61.7 Å². The smallest absolute Gasteiger partial charge is 0.0535 e. The summed E-state index contributed by atoms with van der Waals surface area (Å²) < 4.78 is 0. The van der Waals surface area contributed by atoms with E-state index in [0.717, 1.165) is 45.8 Å². The molecule has 5 atom stereocenters. The van der Waals surface area contributed by atoms with E-state index in [9.17, 15) is 0 Å². The van der Waals surface area contributed by atoms with E-state index < -0.39 is 0 Å². The van der Waals surface area contributed by atoms with Crippen LogP contribution in [0.4, 0.5) is 0 Å². The van der Waals surface area contributed by atoms with Crippen molar-refractivity contribution in [1.82, 2.24) is 20.4 Å². The van der Waals surface area contributed by atoms with Crippen LogP contribution in [-0.2, 0) is 5.54 Å². The highest BCUT2D eigenvalue weighted by Gasteiger charge is 2.33. The summed E-state index contributed by atoms with van der Waals surface area (Å²) >= 11 is 0. The Bertz CT molecular complexity index is 735. The van der Waals surface area contributed by atoms with Crippen LogP contribution in [0.3, 0.4) is 0 Å². The number of fused-ring (bicyclic) bond motifs is 3. The summed E-state index contributed by atoms with van der Waals surface area (Å²) in [6.45, 7) is 12.1. The molecule has 0 amide bonds. The lowest BCUT2D eigenvalue weighted by molar-refractivity contribution is 0.162. The van der Waals surface area contributed by atoms with E-state index in [1.54, 1.807) is 0 Å². The Morgan fingerprint density at radius 1 is 0.857 bits per heavy atom. The van der Waals surface area contributed by atoms with E-state index in [-0.39, 0.29) is 5.54 Å². The Morgan fingerprint density at radius 3 is 2.32 bits per heavy atom. The molecular weight excluding hydrogens is 344 g/mol. The summed E-state index contributed by atoms with van der Waals surface area (Å²) in [7, 11) is 0. The Labute approximate surface area is 169 Å². The predicted molar refractivity (Wildman–Crippen MR) is 116 cm³/mol. The van der Waals surface area contributed by atoms with Gasteiger partial charge in [0.2, 0.25) is 0 Å². The number of hydrogen-bond acceptors (Lipinski definition) is 4. The molecule has 2 bridgehead atoms. The highest BCUT2D eigenvalue weighted by molar-refractivity contribution is 5.25. The minimum Gasteiger partial charge on any atom is -0.311 e. The zero-order valence-electron chi connectivity index (χ0n) is 17.3. The van der Waals surface area contributed by atoms with Gasteiger partial charge in [-0.1, -0.05) is 60.7 Å². The number of hydrogen-bond donors (Lipinski definition) is 2. The zero-order chi connectivity index (χ0) is 19.4. The van der Waals surface area contributed by atoms with E-state index >= 15 is 0 Å². The molecule has 2 saturated heterocycles. The topological polar surface area (TPSA) is 30.5 Å². The molecule has 4 nitrogen and oxygen atoms in total. The maximum atomic E-state index is 3.91. The van der Waals surface area contributed by atoms with Crippen molar-refractivity contribution in [3.05, 3.63) is 71.8 Å². The molecule has 2 aromatic rings. The molecule has 0 spiro atoms. The average molecular weight is 379 g/mol. The molecule has 150 valence electrons. The van der Waals surface area contributed by atoms with E-state index in [0.29, 0.717) is 12.1 Å². The second-order valence-corrected chi connectivity index (χ2v) is 8.54.